The van der Waals surface area contributed by atoms with Gasteiger partial charge in [-0.3, -0.25) is 9.78 Å². The standard InChI is InChI=1S/C18H15NO3/c1-21-16-8-7-13(10-17(16)22-2)18(20)14-9-12-5-3-4-6-15(12)19-11-14/h3-11H,1-2H3. The lowest BCUT2D eigenvalue weighted by molar-refractivity contribution is 0.103. The molecular weight excluding hydrogens is 278 g/mol. The van der Waals surface area contributed by atoms with Gasteiger partial charge in [0.25, 0.3) is 0 Å². The number of aromatic nitrogens is 1. The monoisotopic (exact) mass is 293 g/mol. The van der Waals surface area contributed by atoms with Gasteiger partial charge < -0.3 is 9.47 Å². The van der Waals surface area contributed by atoms with Gasteiger partial charge >= 0.3 is 0 Å². The van der Waals surface area contributed by atoms with E-state index >= 15 is 0 Å². The fourth-order valence-corrected chi connectivity index (χ4v) is 2.34. The minimum absolute atomic E-state index is 0.0980. The van der Waals surface area contributed by atoms with Gasteiger partial charge in [-0.1, -0.05) is 18.2 Å². The molecule has 0 aliphatic rings. The molecule has 0 spiro atoms. The van der Waals surface area contributed by atoms with Crippen LogP contribution in [0.4, 0.5) is 0 Å². The van der Waals surface area contributed by atoms with Crippen LogP contribution < -0.4 is 9.47 Å². The van der Waals surface area contributed by atoms with Crippen molar-refractivity contribution >= 4 is 16.7 Å². The van der Waals surface area contributed by atoms with Gasteiger partial charge in [-0.15, -0.1) is 0 Å². The van der Waals surface area contributed by atoms with E-state index in [-0.39, 0.29) is 5.78 Å². The highest BCUT2D eigenvalue weighted by molar-refractivity contribution is 6.10. The zero-order valence-corrected chi connectivity index (χ0v) is 12.4. The number of benzene rings is 2. The number of fused-ring (bicyclic) bond motifs is 1. The summed E-state index contributed by atoms with van der Waals surface area (Å²) < 4.78 is 10.4. The summed E-state index contributed by atoms with van der Waals surface area (Å²) >= 11 is 0. The molecule has 0 atom stereocenters. The predicted molar refractivity (Wildman–Crippen MR) is 84.7 cm³/mol. The molecule has 3 aromatic rings. The molecule has 0 saturated heterocycles. The van der Waals surface area contributed by atoms with Crippen molar-refractivity contribution in [3.05, 3.63) is 65.9 Å². The van der Waals surface area contributed by atoms with Crippen LogP contribution in [0.25, 0.3) is 10.9 Å². The number of hydrogen-bond acceptors (Lipinski definition) is 4. The molecule has 0 saturated carbocycles. The minimum atomic E-state index is -0.0980. The molecule has 0 bridgehead atoms. The van der Waals surface area contributed by atoms with Crippen LogP contribution in [-0.2, 0) is 0 Å². The third-order valence-electron chi connectivity index (χ3n) is 3.50. The molecule has 0 radical (unpaired) electrons. The molecule has 110 valence electrons. The van der Waals surface area contributed by atoms with Crippen molar-refractivity contribution in [1.82, 2.24) is 4.98 Å². The van der Waals surface area contributed by atoms with Crippen molar-refractivity contribution in [2.45, 2.75) is 0 Å². The fraction of sp³-hybridized carbons (Fsp3) is 0.111. The van der Waals surface area contributed by atoms with E-state index in [1.54, 1.807) is 38.6 Å². The number of hydrogen-bond donors (Lipinski definition) is 0. The summed E-state index contributed by atoms with van der Waals surface area (Å²) in [4.78, 5) is 16.9. The summed E-state index contributed by atoms with van der Waals surface area (Å²) in [5.41, 5.74) is 1.95. The Bertz CT molecular complexity index is 843. The van der Waals surface area contributed by atoms with Crippen LogP contribution in [0.5, 0.6) is 11.5 Å². The van der Waals surface area contributed by atoms with Crippen LogP contribution in [0.1, 0.15) is 15.9 Å². The van der Waals surface area contributed by atoms with Crippen LogP contribution >= 0.6 is 0 Å². The van der Waals surface area contributed by atoms with Crippen LogP contribution in [0, 0.1) is 0 Å². The van der Waals surface area contributed by atoms with Gasteiger partial charge in [0.1, 0.15) is 0 Å². The molecule has 1 aromatic heterocycles. The summed E-state index contributed by atoms with van der Waals surface area (Å²) in [6.07, 6.45) is 1.60. The quantitative estimate of drug-likeness (QED) is 0.691. The van der Waals surface area contributed by atoms with Gasteiger partial charge in [0.2, 0.25) is 0 Å². The van der Waals surface area contributed by atoms with Crippen LogP contribution in [0.15, 0.2) is 54.7 Å². The molecule has 0 N–H and O–H groups in total. The van der Waals surface area contributed by atoms with Crippen LogP contribution in [0.3, 0.4) is 0 Å². The molecule has 4 nitrogen and oxygen atoms in total. The van der Waals surface area contributed by atoms with E-state index < -0.39 is 0 Å². The largest absolute Gasteiger partial charge is 0.493 e. The van der Waals surface area contributed by atoms with Crippen molar-refractivity contribution in [2.75, 3.05) is 14.2 Å². The van der Waals surface area contributed by atoms with Crippen molar-refractivity contribution in [1.29, 1.82) is 0 Å². The molecule has 3 rings (SSSR count). The van der Waals surface area contributed by atoms with Gasteiger partial charge in [0, 0.05) is 22.7 Å². The first-order chi connectivity index (χ1) is 10.7. The first kappa shape index (κ1) is 14.1. The predicted octanol–water partition coefficient (Wildman–Crippen LogP) is 3.48. The van der Waals surface area contributed by atoms with Crippen molar-refractivity contribution < 1.29 is 14.3 Å². The first-order valence-corrected chi connectivity index (χ1v) is 6.84. The van der Waals surface area contributed by atoms with E-state index in [1.165, 1.54) is 0 Å². The number of methoxy groups -OCH3 is 2. The van der Waals surface area contributed by atoms with Gasteiger partial charge in [-0.2, -0.15) is 0 Å². The number of para-hydroxylation sites is 1. The van der Waals surface area contributed by atoms with Crippen molar-refractivity contribution in [3.63, 3.8) is 0 Å². The SMILES string of the molecule is COc1ccc(C(=O)c2cnc3ccccc3c2)cc1OC. The summed E-state index contributed by atoms with van der Waals surface area (Å²) in [5, 5.41) is 0.939. The molecule has 1 heterocycles. The van der Waals surface area contributed by atoms with E-state index in [2.05, 4.69) is 4.98 Å². The number of rotatable bonds is 4. The highest BCUT2D eigenvalue weighted by Crippen LogP contribution is 2.28. The first-order valence-electron chi connectivity index (χ1n) is 6.84. The molecule has 22 heavy (non-hydrogen) atoms. The molecule has 2 aromatic carbocycles. The van der Waals surface area contributed by atoms with E-state index in [0.717, 1.165) is 10.9 Å². The maximum Gasteiger partial charge on any atom is 0.194 e. The Balaban J connectivity index is 2.01. The Morgan fingerprint density at radius 3 is 2.45 bits per heavy atom. The molecule has 4 heteroatoms. The lowest BCUT2D eigenvalue weighted by atomic mass is 10.0. The second-order valence-corrected chi connectivity index (χ2v) is 4.82. The highest BCUT2D eigenvalue weighted by atomic mass is 16.5. The Labute approximate surface area is 128 Å². The van der Waals surface area contributed by atoms with E-state index in [0.29, 0.717) is 22.6 Å². The van der Waals surface area contributed by atoms with Gasteiger partial charge in [0.15, 0.2) is 17.3 Å². The Morgan fingerprint density at radius 1 is 0.909 bits per heavy atom. The van der Waals surface area contributed by atoms with E-state index in [4.69, 9.17) is 9.47 Å². The third kappa shape index (κ3) is 2.51. The number of carbonyl (C=O) groups is 1. The minimum Gasteiger partial charge on any atom is -0.493 e. The Morgan fingerprint density at radius 2 is 1.68 bits per heavy atom. The Kier molecular flexibility index (Phi) is 3.74. The maximum atomic E-state index is 12.6. The van der Waals surface area contributed by atoms with Crippen LogP contribution in [-0.4, -0.2) is 25.0 Å². The Hall–Kier alpha value is -2.88. The average molecular weight is 293 g/mol. The zero-order valence-electron chi connectivity index (χ0n) is 12.4. The fourth-order valence-electron chi connectivity index (χ4n) is 2.34. The topological polar surface area (TPSA) is 48.4 Å². The summed E-state index contributed by atoms with van der Waals surface area (Å²) in [6, 6.07) is 14.7. The smallest absolute Gasteiger partial charge is 0.194 e. The second-order valence-electron chi connectivity index (χ2n) is 4.82. The summed E-state index contributed by atoms with van der Waals surface area (Å²) in [7, 11) is 3.11. The van der Waals surface area contributed by atoms with Gasteiger partial charge in [-0.05, 0) is 30.3 Å². The van der Waals surface area contributed by atoms with Gasteiger partial charge in [0.05, 0.1) is 19.7 Å². The normalized spacial score (nSPS) is 10.5. The molecular formula is C18H15NO3. The number of carbonyl (C=O) groups excluding carboxylic acids is 1. The number of nitrogens with zero attached hydrogens (tertiary/aromatic N) is 1. The number of ether oxygens (including phenoxy) is 2. The molecule has 0 unspecified atom stereocenters. The van der Waals surface area contributed by atoms with E-state index in [9.17, 15) is 4.79 Å². The zero-order chi connectivity index (χ0) is 15.5. The number of pyridine rings is 1. The molecule has 0 aliphatic heterocycles. The second kappa shape index (κ2) is 5.85. The van der Waals surface area contributed by atoms with Gasteiger partial charge in [-0.25, -0.2) is 0 Å². The maximum absolute atomic E-state index is 12.6. The third-order valence-corrected chi connectivity index (χ3v) is 3.50. The lowest BCUT2D eigenvalue weighted by Gasteiger charge is -2.09. The summed E-state index contributed by atoms with van der Waals surface area (Å²) in [6.45, 7) is 0. The van der Waals surface area contributed by atoms with Crippen molar-refractivity contribution in [2.24, 2.45) is 0 Å². The van der Waals surface area contributed by atoms with Crippen molar-refractivity contribution in [3.8, 4) is 11.5 Å². The molecule has 0 aliphatic carbocycles. The van der Waals surface area contributed by atoms with Crippen LogP contribution in [0.2, 0.25) is 0 Å². The molecule has 0 fully saturated rings. The summed E-state index contributed by atoms with van der Waals surface area (Å²) in [5.74, 6) is 1.02. The van der Waals surface area contributed by atoms with E-state index in [1.807, 2.05) is 30.3 Å². The lowest BCUT2D eigenvalue weighted by Crippen LogP contribution is -2.03. The average Bonchev–Trinajstić information content (AvgIpc) is 2.60. The number of ketones is 1. The highest BCUT2D eigenvalue weighted by Gasteiger charge is 2.13. The molecule has 0 amide bonds.